The van der Waals surface area contributed by atoms with E-state index in [2.05, 4.69) is 4.98 Å². The average Bonchev–Trinajstić information content (AvgIpc) is 3.42. The first-order chi connectivity index (χ1) is 14.5. The number of nitrogens with zero attached hydrogens (tertiary/aromatic N) is 3. The molecule has 1 amide bonds. The van der Waals surface area contributed by atoms with Crippen molar-refractivity contribution in [1.82, 2.24) is 19.7 Å². The number of rotatable bonds is 6. The number of carbonyl (C=O) groups is 2. The molecule has 0 saturated heterocycles. The summed E-state index contributed by atoms with van der Waals surface area (Å²) in [4.78, 5) is 28.9. The monoisotopic (exact) mass is 398 g/mol. The Morgan fingerprint density at radius 1 is 1.03 bits per heavy atom. The van der Waals surface area contributed by atoms with Crippen molar-refractivity contribution in [3.63, 3.8) is 0 Å². The number of Topliss-reactive ketones (excluding diaryl/α,β-unsaturated/α-hetero) is 1. The number of ketones is 1. The summed E-state index contributed by atoms with van der Waals surface area (Å²) in [5, 5.41) is 4.79. The average molecular weight is 398 g/mol. The van der Waals surface area contributed by atoms with Gasteiger partial charge in [-0.05, 0) is 25.1 Å². The smallest absolute Gasteiger partial charge is 0.270 e. The third kappa shape index (κ3) is 3.93. The van der Waals surface area contributed by atoms with E-state index in [1.54, 1.807) is 24.2 Å². The van der Waals surface area contributed by atoms with Crippen molar-refractivity contribution in [2.45, 2.75) is 13.5 Å². The molecule has 0 unspecified atom stereocenters. The van der Waals surface area contributed by atoms with Crippen molar-refractivity contribution in [1.29, 1.82) is 0 Å². The molecule has 4 rings (SSSR count). The molecule has 0 spiro atoms. The number of para-hydroxylation sites is 1. The van der Waals surface area contributed by atoms with E-state index >= 15 is 0 Å². The van der Waals surface area contributed by atoms with Gasteiger partial charge in [0.1, 0.15) is 5.69 Å². The van der Waals surface area contributed by atoms with Gasteiger partial charge in [-0.3, -0.25) is 9.59 Å². The molecule has 0 fully saturated rings. The van der Waals surface area contributed by atoms with Gasteiger partial charge < -0.3 is 9.88 Å². The fourth-order valence-electron chi connectivity index (χ4n) is 3.33. The van der Waals surface area contributed by atoms with E-state index < -0.39 is 0 Å². The number of amides is 1. The number of hydrogen-bond donors (Lipinski definition) is 1. The minimum Gasteiger partial charge on any atom is -0.356 e. The number of benzene rings is 2. The highest BCUT2D eigenvalue weighted by Crippen LogP contribution is 2.25. The van der Waals surface area contributed by atoms with Crippen LogP contribution < -0.4 is 0 Å². The number of aromatic amines is 1. The second kappa shape index (κ2) is 8.21. The van der Waals surface area contributed by atoms with Crippen molar-refractivity contribution < 1.29 is 9.59 Å². The number of hydrogen-bond acceptors (Lipinski definition) is 3. The van der Waals surface area contributed by atoms with Crippen molar-refractivity contribution in [3.05, 3.63) is 95.9 Å². The van der Waals surface area contributed by atoms with Gasteiger partial charge in [0, 0.05) is 42.7 Å². The number of aromatic nitrogens is 3. The van der Waals surface area contributed by atoms with Gasteiger partial charge in [0.25, 0.3) is 5.91 Å². The van der Waals surface area contributed by atoms with Crippen LogP contribution >= 0.6 is 0 Å². The predicted molar refractivity (Wildman–Crippen MR) is 116 cm³/mol. The molecule has 0 bridgehead atoms. The molecule has 0 aliphatic heterocycles. The quantitative estimate of drug-likeness (QED) is 0.491. The van der Waals surface area contributed by atoms with Crippen LogP contribution in [-0.2, 0) is 6.54 Å². The van der Waals surface area contributed by atoms with Crippen molar-refractivity contribution in [2.24, 2.45) is 0 Å². The molecule has 0 atom stereocenters. The number of H-pyrrole nitrogens is 1. The lowest BCUT2D eigenvalue weighted by Crippen LogP contribution is -2.26. The summed E-state index contributed by atoms with van der Waals surface area (Å²) in [5.41, 5.74) is 4.58. The van der Waals surface area contributed by atoms with Crippen LogP contribution in [0.25, 0.3) is 16.9 Å². The van der Waals surface area contributed by atoms with E-state index in [0.29, 0.717) is 17.8 Å². The van der Waals surface area contributed by atoms with E-state index in [-0.39, 0.29) is 11.7 Å². The maximum Gasteiger partial charge on any atom is 0.270 e. The zero-order chi connectivity index (χ0) is 21.1. The largest absolute Gasteiger partial charge is 0.356 e. The molecule has 2 heterocycles. The molecular weight excluding hydrogens is 376 g/mol. The molecule has 1 N–H and O–H groups in total. The minimum atomic E-state index is -0.186. The summed E-state index contributed by atoms with van der Waals surface area (Å²) in [6, 6.07) is 21.4. The highest BCUT2D eigenvalue weighted by atomic mass is 16.2. The molecule has 2 aromatic heterocycles. The second-order valence-corrected chi connectivity index (χ2v) is 7.17. The highest BCUT2D eigenvalue weighted by Gasteiger charge is 2.19. The molecule has 30 heavy (non-hydrogen) atoms. The van der Waals surface area contributed by atoms with E-state index in [1.807, 2.05) is 71.5 Å². The van der Waals surface area contributed by atoms with Crippen LogP contribution in [0, 0.1) is 0 Å². The first kappa shape index (κ1) is 19.4. The Morgan fingerprint density at radius 3 is 2.33 bits per heavy atom. The normalized spacial score (nSPS) is 10.7. The van der Waals surface area contributed by atoms with Gasteiger partial charge in [-0.2, -0.15) is 5.10 Å². The molecule has 0 saturated carbocycles. The highest BCUT2D eigenvalue weighted by molar-refractivity contribution is 5.99. The van der Waals surface area contributed by atoms with Gasteiger partial charge in [-0.25, -0.2) is 4.68 Å². The fraction of sp³-hybridized carbons (Fsp3) is 0.125. The molecule has 0 aliphatic rings. The van der Waals surface area contributed by atoms with Crippen LogP contribution in [0.3, 0.4) is 0 Å². The van der Waals surface area contributed by atoms with Crippen molar-refractivity contribution >= 4 is 11.7 Å². The SMILES string of the molecule is CC(=O)c1c[nH]c(C(=O)N(C)Cc2cn(-c3ccccc3)nc2-c2ccccc2)c1. The molecule has 0 radical (unpaired) electrons. The predicted octanol–water partition coefficient (Wildman–Crippen LogP) is 4.34. The van der Waals surface area contributed by atoms with E-state index in [9.17, 15) is 9.59 Å². The van der Waals surface area contributed by atoms with Crippen LogP contribution in [-0.4, -0.2) is 38.4 Å². The van der Waals surface area contributed by atoms with Crippen LogP contribution in [0.5, 0.6) is 0 Å². The van der Waals surface area contributed by atoms with Crippen LogP contribution in [0.4, 0.5) is 0 Å². The summed E-state index contributed by atoms with van der Waals surface area (Å²) in [5.74, 6) is -0.266. The van der Waals surface area contributed by atoms with Gasteiger partial charge in [0.15, 0.2) is 5.78 Å². The maximum atomic E-state index is 12.9. The molecular formula is C24H22N4O2. The maximum absolute atomic E-state index is 12.9. The summed E-state index contributed by atoms with van der Waals surface area (Å²) >= 11 is 0. The lowest BCUT2D eigenvalue weighted by atomic mass is 10.1. The van der Waals surface area contributed by atoms with Crippen LogP contribution in [0.15, 0.2) is 79.1 Å². The van der Waals surface area contributed by atoms with E-state index in [1.165, 1.54) is 6.92 Å². The van der Waals surface area contributed by atoms with Gasteiger partial charge in [-0.15, -0.1) is 0 Å². The molecule has 6 nitrogen and oxygen atoms in total. The Kier molecular flexibility index (Phi) is 5.30. The molecule has 150 valence electrons. The Balaban J connectivity index is 1.66. The first-order valence-corrected chi connectivity index (χ1v) is 9.67. The third-order valence-corrected chi connectivity index (χ3v) is 4.93. The van der Waals surface area contributed by atoms with E-state index in [4.69, 9.17) is 5.10 Å². The summed E-state index contributed by atoms with van der Waals surface area (Å²) < 4.78 is 1.83. The minimum absolute atomic E-state index is 0.0801. The zero-order valence-electron chi connectivity index (χ0n) is 16.9. The Morgan fingerprint density at radius 2 is 1.70 bits per heavy atom. The van der Waals surface area contributed by atoms with Gasteiger partial charge >= 0.3 is 0 Å². The first-order valence-electron chi connectivity index (χ1n) is 9.67. The lowest BCUT2D eigenvalue weighted by Gasteiger charge is -2.16. The Bertz CT molecular complexity index is 1180. The molecule has 2 aromatic carbocycles. The molecule has 6 heteroatoms. The van der Waals surface area contributed by atoms with E-state index in [0.717, 1.165) is 22.5 Å². The third-order valence-electron chi connectivity index (χ3n) is 4.93. The molecule has 0 aliphatic carbocycles. The van der Waals surface area contributed by atoms with Gasteiger partial charge in [0.05, 0.1) is 11.4 Å². The lowest BCUT2D eigenvalue weighted by molar-refractivity contribution is 0.0780. The van der Waals surface area contributed by atoms with Gasteiger partial charge in [-0.1, -0.05) is 48.5 Å². The van der Waals surface area contributed by atoms with Gasteiger partial charge in [0.2, 0.25) is 0 Å². The zero-order valence-corrected chi connectivity index (χ0v) is 16.9. The Hall–Kier alpha value is -3.93. The van der Waals surface area contributed by atoms with Crippen molar-refractivity contribution in [2.75, 3.05) is 7.05 Å². The number of carbonyl (C=O) groups excluding carboxylic acids is 2. The standard InChI is InChI=1S/C24H22N4O2/c1-17(29)19-13-22(25-14-19)24(30)27(2)15-20-16-28(21-11-7-4-8-12-21)26-23(20)18-9-5-3-6-10-18/h3-14,16,25H,15H2,1-2H3. The summed E-state index contributed by atoms with van der Waals surface area (Å²) in [7, 11) is 1.74. The number of nitrogens with one attached hydrogen (secondary N) is 1. The molecule has 4 aromatic rings. The van der Waals surface area contributed by atoms with Crippen LogP contribution in [0.2, 0.25) is 0 Å². The van der Waals surface area contributed by atoms with Crippen molar-refractivity contribution in [3.8, 4) is 16.9 Å². The topological polar surface area (TPSA) is 71.0 Å². The Labute approximate surface area is 174 Å². The fourth-order valence-corrected chi connectivity index (χ4v) is 3.33. The second-order valence-electron chi connectivity index (χ2n) is 7.17. The summed E-state index contributed by atoms with van der Waals surface area (Å²) in [6.07, 6.45) is 3.52. The van der Waals surface area contributed by atoms with Crippen LogP contribution in [0.1, 0.15) is 33.3 Å². The summed E-state index contributed by atoms with van der Waals surface area (Å²) in [6.45, 7) is 1.86.